The number of hydrogen-bond donors (Lipinski definition) is 2. The van der Waals surface area contributed by atoms with Crippen LogP contribution in [0.2, 0.25) is 0 Å². The summed E-state index contributed by atoms with van der Waals surface area (Å²) in [6.07, 6.45) is 1.72. The molecule has 0 fully saturated rings. The maximum absolute atomic E-state index is 6.02. The van der Waals surface area contributed by atoms with Crippen molar-refractivity contribution >= 4 is 23.2 Å². The van der Waals surface area contributed by atoms with Crippen molar-refractivity contribution in [1.29, 1.82) is 0 Å². The largest absolute Gasteiger partial charge is 0.493 e. The Morgan fingerprint density at radius 1 is 0.968 bits per heavy atom. The van der Waals surface area contributed by atoms with Gasteiger partial charge in [-0.3, -0.25) is 0 Å². The maximum atomic E-state index is 6.02. The minimum Gasteiger partial charge on any atom is -0.493 e. The molecule has 0 bridgehead atoms. The molecule has 31 heavy (non-hydrogen) atoms. The lowest BCUT2D eigenvalue weighted by Gasteiger charge is -2.13. The minimum absolute atomic E-state index is 0.490. The quantitative estimate of drug-likeness (QED) is 0.308. The molecule has 0 amide bonds. The fourth-order valence-corrected chi connectivity index (χ4v) is 3.34. The number of aromatic amines is 1. The number of H-pyrrole nitrogens is 1. The number of fused-ring (bicyclic) bond motifs is 1. The van der Waals surface area contributed by atoms with Gasteiger partial charge in [-0.25, -0.2) is 10.4 Å². The lowest BCUT2D eigenvalue weighted by Crippen LogP contribution is -2.01. The maximum Gasteiger partial charge on any atom is 0.222 e. The van der Waals surface area contributed by atoms with E-state index in [1.807, 2.05) is 37.3 Å². The molecule has 158 valence electrons. The minimum atomic E-state index is 0.490. The van der Waals surface area contributed by atoms with Crippen LogP contribution in [-0.4, -0.2) is 23.3 Å². The SMILES string of the molecule is COc1cc(/C=N\Nc2nc3ccc(C)cc3[nH]2)ccc1OCc1cc(C)ccc1C. The van der Waals surface area contributed by atoms with E-state index in [1.165, 1.54) is 16.7 Å². The Kier molecular flexibility index (Phi) is 5.89. The number of nitrogens with zero attached hydrogens (tertiary/aromatic N) is 2. The van der Waals surface area contributed by atoms with Crippen molar-refractivity contribution in [2.24, 2.45) is 5.10 Å². The van der Waals surface area contributed by atoms with Gasteiger partial charge < -0.3 is 14.5 Å². The fourth-order valence-electron chi connectivity index (χ4n) is 3.34. The summed E-state index contributed by atoms with van der Waals surface area (Å²) in [5.41, 5.74) is 10.5. The molecule has 6 heteroatoms. The van der Waals surface area contributed by atoms with E-state index in [-0.39, 0.29) is 0 Å². The highest BCUT2D eigenvalue weighted by atomic mass is 16.5. The third-order valence-corrected chi connectivity index (χ3v) is 5.10. The Labute approximate surface area is 181 Å². The Bertz CT molecular complexity index is 1240. The van der Waals surface area contributed by atoms with E-state index in [1.54, 1.807) is 13.3 Å². The molecule has 4 rings (SSSR count). The number of hydrogen-bond acceptors (Lipinski definition) is 5. The highest BCUT2D eigenvalue weighted by Crippen LogP contribution is 2.29. The summed E-state index contributed by atoms with van der Waals surface area (Å²) in [6.45, 7) is 6.71. The first-order chi connectivity index (χ1) is 15.0. The normalized spacial score (nSPS) is 11.2. The molecule has 0 unspecified atom stereocenters. The molecule has 2 N–H and O–H groups in total. The summed E-state index contributed by atoms with van der Waals surface area (Å²) in [7, 11) is 1.63. The van der Waals surface area contributed by atoms with Crippen LogP contribution in [-0.2, 0) is 6.61 Å². The van der Waals surface area contributed by atoms with Crippen LogP contribution in [0, 0.1) is 20.8 Å². The van der Waals surface area contributed by atoms with Crippen molar-refractivity contribution in [3.63, 3.8) is 0 Å². The van der Waals surface area contributed by atoms with E-state index in [0.29, 0.717) is 24.1 Å². The molecular weight excluding hydrogens is 388 g/mol. The Morgan fingerprint density at radius 2 is 1.77 bits per heavy atom. The van der Waals surface area contributed by atoms with Crippen LogP contribution in [0.25, 0.3) is 11.0 Å². The number of aryl methyl sites for hydroxylation is 3. The lowest BCUT2D eigenvalue weighted by molar-refractivity contribution is 0.284. The molecule has 0 saturated heterocycles. The summed E-state index contributed by atoms with van der Waals surface area (Å²) >= 11 is 0. The van der Waals surface area contributed by atoms with Crippen LogP contribution >= 0.6 is 0 Å². The van der Waals surface area contributed by atoms with E-state index in [2.05, 4.69) is 58.6 Å². The Hall–Kier alpha value is -3.80. The third kappa shape index (κ3) is 4.86. The molecule has 4 aromatic rings. The number of anilines is 1. The number of nitrogens with one attached hydrogen (secondary N) is 2. The van der Waals surface area contributed by atoms with Crippen LogP contribution < -0.4 is 14.9 Å². The standard InChI is InChI=1S/C25H26N4O2/c1-16-5-7-18(3)20(11-16)15-31-23-10-8-19(13-24(23)30-4)14-26-29-25-27-21-9-6-17(2)12-22(21)28-25/h5-14H,15H2,1-4H3,(H2,27,28,29)/b26-14-. The monoisotopic (exact) mass is 414 g/mol. The molecule has 0 aliphatic heterocycles. The van der Waals surface area contributed by atoms with Crippen molar-refractivity contribution in [2.45, 2.75) is 27.4 Å². The van der Waals surface area contributed by atoms with Gasteiger partial charge in [-0.2, -0.15) is 5.10 Å². The topological polar surface area (TPSA) is 71.5 Å². The predicted molar refractivity (Wildman–Crippen MR) is 125 cm³/mol. The van der Waals surface area contributed by atoms with Crippen molar-refractivity contribution in [3.8, 4) is 11.5 Å². The Morgan fingerprint density at radius 3 is 2.61 bits per heavy atom. The first kappa shape index (κ1) is 20.5. The zero-order chi connectivity index (χ0) is 21.8. The summed E-state index contributed by atoms with van der Waals surface area (Å²) in [4.78, 5) is 7.69. The van der Waals surface area contributed by atoms with Gasteiger partial charge in [0.05, 0.1) is 24.4 Å². The highest BCUT2D eigenvalue weighted by Gasteiger charge is 2.07. The smallest absolute Gasteiger partial charge is 0.222 e. The molecule has 1 heterocycles. The lowest BCUT2D eigenvalue weighted by atomic mass is 10.1. The molecule has 0 atom stereocenters. The second-order valence-electron chi connectivity index (χ2n) is 7.60. The first-order valence-electron chi connectivity index (χ1n) is 10.1. The number of ether oxygens (including phenoxy) is 2. The number of rotatable bonds is 7. The zero-order valence-corrected chi connectivity index (χ0v) is 18.2. The van der Waals surface area contributed by atoms with Crippen LogP contribution in [0.4, 0.5) is 5.95 Å². The van der Waals surface area contributed by atoms with Gasteiger partial charge in [-0.15, -0.1) is 0 Å². The molecule has 6 nitrogen and oxygen atoms in total. The number of methoxy groups -OCH3 is 1. The van der Waals surface area contributed by atoms with E-state index in [0.717, 1.165) is 22.2 Å². The van der Waals surface area contributed by atoms with E-state index in [4.69, 9.17) is 9.47 Å². The van der Waals surface area contributed by atoms with Gasteiger partial charge in [0.25, 0.3) is 0 Å². The summed E-state index contributed by atoms with van der Waals surface area (Å²) in [5, 5.41) is 4.28. The van der Waals surface area contributed by atoms with Gasteiger partial charge in [-0.05, 0) is 73.4 Å². The molecule has 3 aromatic carbocycles. The van der Waals surface area contributed by atoms with Crippen molar-refractivity contribution < 1.29 is 9.47 Å². The Balaban J connectivity index is 1.43. The van der Waals surface area contributed by atoms with E-state index in [9.17, 15) is 0 Å². The predicted octanol–water partition coefficient (Wildman–Crippen LogP) is 5.52. The highest BCUT2D eigenvalue weighted by molar-refractivity contribution is 5.82. The van der Waals surface area contributed by atoms with Crippen LogP contribution in [0.5, 0.6) is 11.5 Å². The second kappa shape index (κ2) is 8.92. The van der Waals surface area contributed by atoms with E-state index < -0.39 is 0 Å². The summed E-state index contributed by atoms with van der Waals surface area (Å²) < 4.78 is 11.5. The van der Waals surface area contributed by atoms with Gasteiger partial charge in [0.15, 0.2) is 11.5 Å². The van der Waals surface area contributed by atoms with Gasteiger partial charge in [-0.1, -0.05) is 29.8 Å². The van der Waals surface area contributed by atoms with Crippen molar-refractivity contribution in [1.82, 2.24) is 9.97 Å². The van der Waals surface area contributed by atoms with Crippen LogP contribution in [0.15, 0.2) is 59.7 Å². The molecular formula is C25H26N4O2. The molecule has 1 aromatic heterocycles. The van der Waals surface area contributed by atoms with Gasteiger partial charge in [0.1, 0.15) is 6.61 Å². The number of hydrazone groups is 1. The van der Waals surface area contributed by atoms with Gasteiger partial charge >= 0.3 is 0 Å². The van der Waals surface area contributed by atoms with Gasteiger partial charge in [0, 0.05) is 0 Å². The third-order valence-electron chi connectivity index (χ3n) is 5.10. The van der Waals surface area contributed by atoms with Crippen LogP contribution in [0.3, 0.4) is 0 Å². The second-order valence-corrected chi connectivity index (χ2v) is 7.60. The molecule has 0 radical (unpaired) electrons. The van der Waals surface area contributed by atoms with Gasteiger partial charge in [0.2, 0.25) is 5.95 Å². The number of aromatic nitrogens is 2. The number of imidazole rings is 1. The fraction of sp³-hybridized carbons (Fsp3) is 0.200. The van der Waals surface area contributed by atoms with Crippen molar-refractivity contribution in [3.05, 3.63) is 82.4 Å². The summed E-state index contributed by atoms with van der Waals surface area (Å²) in [6, 6.07) is 18.2. The average Bonchev–Trinajstić information content (AvgIpc) is 3.16. The van der Waals surface area contributed by atoms with Crippen LogP contribution in [0.1, 0.15) is 27.8 Å². The zero-order valence-electron chi connectivity index (χ0n) is 18.2. The first-order valence-corrected chi connectivity index (χ1v) is 10.1. The molecule has 0 spiro atoms. The van der Waals surface area contributed by atoms with E-state index >= 15 is 0 Å². The molecule has 0 saturated carbocycles. The average molecular weight is 415 g/mol. The van der Waals surface area contributed by atoms with Crippen molar-refractivity contribution in [2.75, 3.05) is 12.5 Å². The molecule has 0 aliphatic carbocycles. The summed E-state index contributed by atoms with van der Waals surface area (Å²) in [5.74, 6) is 1.95. The number of benzene rings is 3. The molecule has 0 aliphatic rings.